The first-order valence-electron chi connectivity index (χ1n) is 7.73. The van der Waals surface area contributed by atoms with Crippen LogP contribution in [0.1, 0.15) is 84.0 Å². The Morgan fingerprint density at radius 2 is 1.10 bits per heavy atom. The summed E-state index contributed by atoms with van der Waals surface area (Å²) in [4.78, 5) is 20.4. The van der Waals surface area contributed by atoms with Gasteiger partial charge in [0.25, 0.3) is 0 Å². The summed E-state index contributed by atoms with van der Waals surface area (Å²) in [6.45, 7) is 2.28. The summed E-state index contributed by atoms with van der Waals surface area (Å²) in [6.07, 6.45) is 14.6. The van der Waals surface area contributed by atoms with Crippen LogP contribution in [0.2, 0.25) is 0 Å². The van der Waals surface area contributed by atoms with Crippen LogP contribution in [-0.2, 0) is 9.09 Å². The average Bonchev–Trinajstić information content (AvgIpc) is 2.34. The molecule has 6 heteroatoms. The molecule has 0 spiro atoms. The number of phosphoric acid groups is 1. The monoisotopic (exact) mass is 331 g/mol. The molecule has 0 aliphatic rings. The zero-order valence-corrected chi connectivity index (χ0v) is 17.3. The van der Waals surface area contributed by atoms with Crippen LogP contribution in [0.3, 0.4) is 0 Å². The molecular formula is C14H29KO4P-. The first kappa shape index (κ1) is 24.0. The van der Waals surface area contributed by atoms with Crippen molar-refractivity contribution in [2.45, 2.75) is 84.0 Å². The Labute approximate surface area is 167 Å². The summed E-state index contributed by atoms with van der Waals surface area (Å²) in [5, 5.41) is 0. The molecular weight excluding hydrogens is 302 g/mol. The van der Waals surface area contributed by atoms with E-state index in [1.54, 1.807) is 0 Å². The third-order valence-corrected chi connectivity index (χ3v) is 3.75. The van der Waals surface area contributed by atoms with Gasteiger partial charge >= 0.3 is 51.4 Å². The number of unbranched alkanes of at least 4 members (excludes halogenated alkanes) is 11. The molecule has 0 aromatic carbocycles. The molecule has 0 heterocycles. The number of phosphoric ester groups is 1. The van der Waals surface area contributed by atoms with Gasteiger partial charge in [-0.3, -0.25) is 0 Å². The van der Waals surface area contributed by atoms with Gasteiger partial charge in [-0.15, -0.1) is 0 Å². The second-order valence-corrected chi connectivity index (χ2v) is 6.32. The standard InChI is InChI=1S/C14H31O4P.K/c1-2-3-4-5-6-7-8-9-10-11-12-13-14-18-19(15,16)17;/h2-14H2,1H3,(H2,15,16,17);/q;+1/p-2. The van der Waals surface area contributed by atoms with Crippen LogP contribution in [0.15, 0.2) is 0 Å². The predicted molar refractivity (Wildman–Crippen MR) is 74.6 cm³/mol. The van der Waals surface area contributed by atoms with Crippen molar-refractivity contribution in [3.63, 3.8) is 0 Å². The molecule has 0 radical (unpaired) electrons. The molecule has 0 saturated carbocycles. The van der Waals surface area contributed by atoms with Gasteiger partial charge in [0.15, 0.2) is 0 Å². The Kier molecular flexibility index (Phi) is 20.5. The van der Waals surface area contributed by atoms with Crippen LogP contribution < -0.4 is 61.2 Å². The molecule has 0 bridgehead atoms. The zero-order valence-electron chi connectivity index (χ0n) is 13.3. The van der Waals surface area contributed by atoms with Crippen molar-refractivity contribution in [3.8, 4) is 0 Å². The normalized spacial score (nSPS) is 11.3. The zero-order chi connectivity index (χ0) is 14.4. The van der Waals surface area contributed by atoms with Gasteiger partial charge in [-0.2, -0.15) is 0 Å². The maximum absolute atomic E-state index is 10.2. The van der Waals surface area contributed by atoms with Crippen molar-refractivity contribution in [3.05, 3.63) is 0 Å². The summed E-state index contributed by atoms with van der Waals surface area (Å²) in [6, 6.07) is 0. The fourth-order valence-electron chi connectivity index (χ4n) is 2.12. The molecule has 0 N–H and O–H groups in total. The molecule has 0 rings (SSSR count). The van der Waals surface area contributed by atoms with Gasteiger partial charge in [0.1, 0.15) is 0 Å². The van der Waals surface area contributed by atoms with E-state index in [-0.39, 0.29) is 58.0 Å². The quantitative estimate of drug-likeness (QED) is 0.264. The molecule has 0 unspecified atom stereocenters. The van der Waals surface area contributed by atoms with Crippen molar-refractivity contribution in [2.75, 3.05) is 6.61 Å². The molecule has 0 fully saturated rings. The molecule has 0 aromatic heterocycles. The minimum absolute atomic E-state index is 0. The second-order valence-electron chi connectivity index (χ2n) is 5.17. The van der Waals surface area contributed by atoms with Crippen LogP contribution in [0.5, 0.6) is 0 Å². The van der Waals surface area contributed by atoms with Crippen LogP contribution in [0.4, 0.5) is 0 Å². The van der Waals surface area contributed by atoms with Gasteiger partial charge in [-0.25, -0.2) is 0 Å². The van der Waals surface area contributed by atoms with E-state index in [9.17, 15) is 14.4 Å². The number of hydrogen-bond donors (Lipinski definition) is 0. The van der Waals surface area contributed by atoms with Crippen LogP contribution in [0, 0.1) is 0 Å². The Bertz CT molecular complexity index is 233. The fourth-order valence-corrected chi connectivity index (χ4v) is 2.47. The summed E-state index contributed by atoms with van der Waals surface area (Å²) >= 11 is 0. The summed E-state index contributed by atoms with van der Waals surface area (Å²) in [5.74, 6) is 0. The van der Waals surface area contributed by atoms with E-state index in [4.69, 9.17) is 0 Å². The minimum Gasteiger partial charge on any atom is -0.790 e. The van der Waals surface area contributed by atoms with E-state index in [1.165, 1.54) is 57.8 Å². The molecule has 116 valence electrons. The maximum atomic E-state index is 10.2. The van der Waals surface area contributed by atoms with Gasteiger partial charge in [-0.05, 0) is 6.42 Å². The molecule has 0 aliphatic carbocycles. The number of rotatable bonds is 14. The fraction of sp³-hybridized carbons (Fsp3) is 1.00. The Balaban J connectivity index is 0. The Morgan fingerprint density at radius 1 is 0.750 bits per heavy atom. The van der Waals surface area contributed by atoms with Crippen molar-refractivity contribution < 1.29 is 70.3 Å². The van der Waals surface area contributed by atoms with Crippen molar-refractivity contribution in [1.82, 2.24) is 0 Å². The average molecular weight is 331 g/mol. The summed E-state index contributed by atoms with van der Waals surface area (Å²) in [7, 11) is -4.75. The first-order chi connectivity index (χ1) is 9.06. The molecule has 0 atom stereocenters. The van der Waals surface area contributed by atoms with Crippen LogP contribution >= 0.6 is 7.82 Å². The maximum Gasteiger partial charge on any atom is 1.00 e. The molecule has 20 heavy (non-hydrogen) atoms. The Hall–Kier alpha value is 1.75. The molecule has 0 aliphatic heterocycles. The smallest absolute Gasteiger partial charge is 0.790 e. The van der Waals surface area contributed by atoms with Gasteiger partial charge in [0.05, 0.1) is 14.4 Å². The predicted octanol–water partition coefficient (Wildman–Crippen LogP) is 0.537. The third-order valence-electron chi connectivity index (χ3n) is 3.25. The van der Waals surface area contributed by atoms with Crippen molar-refractivity contribution >= 4 is 7.82 Å². The van der Waals surface area contributed by atoms with E-state index in [0.717, 1.165) is 12.8 Å². The van der Waals surface area contributed by atoms with E-state index in [1.807, 2.05) is 0 Å². The van der Waals surface area contributed by atoms with E-state index < -0.39 is 7.82 Å². The van der Waals surface area contributed by atoms with Crippen LogP contribution in [0.25, 0.3) is 0 Å². The van der Waals surface area contributed by atoms with E-state index in [0.29, 0.717) is 6.42 Å². The first-order valence-corrected chi connectivity index (χ1v) is 9.19. The second kappa shape index (κ2) is 17.1. The Morgan fingerprint density at radius 3 is 1.45 bits per heavy atom. The minimum atomic E-state index is -4.75. The molecule has 4 nitrogen and oxygen atoms in total. The number of hydrogen-bond acceptors (Lipinski definition) is 4. The van der Waals surface area contributed by atoms with Crippen molar-refractivity contribution in [2.24, 2.45) is 0 Å². The third kappa shape index (κ3) is 22.0. The molecule has 0 aromatic rings. The van der Waals surface area contributed by atoms with Gasteiger partial charge in [0, 0.05) is 0 Å². The molecule has 0 saturated heterocycles. The van der Waals surface area contributed by atoms with Gasteiger partial charge in [0.2, 0.25) is 0 Å². The van der Waals surface area contributed by atoms with Crippen molar-refractivity contribution in [1.29, 1.82) is 0 Å². The summed E-state index contributed by atoms with van der Waals surface area (Å²) < 4.78 is 14.3. The topological polar surface area (TPSA) is 72.4 Å². The van der Waals surface area contributed by atoms with E-state index >= 15 is 0 Å². The van der Waals surface area contributed by atoms with Crippen LogP contribution in [-0.4, -0.2) is 6.61 Å². The van der Waals surface area contributed by atoms with Gasteiger partial charge < -0.3 is 18.9 Å². The largest absolute Gasteiger partial charge is 1.00 e. The molecule has 0 amide bonds. The SMILES string of the molecule is CCCCCCCCCCCCCCOP(=O)([O-])[O-].[K+]. The van der Waals surface area contributed by atoms with E-state index in [2.05, 4.69) is 11.4 Å². The summed E-state index contributed by atoms with van der Waals surface area (Å²) in [5.41, 5.74) is 0. The van der Waals surface area contributed by atoms with Gasteiger partial charge in [-0.1, -0.05) is 77.6 Å².